The van der Waals surface area contributed by atoms with Crippen molar-refractivity contribution in [1.82, 2.24) is 29.9 Å². The summed E-state index contributed by atoms with van der Waals surface area (Å²) in [7, 11) is 1.99. The molecular formula is C15H26N6. The summed E-state index contributed by atoms with van der Waals surface area (Å²) < 4.78 is 3.94. The summed E-state index contributed by atoms with van der Waals surface area (Å²) in [5, 5.41) is 12.4. The highest BCUT2D eigenvalue weighted by Crippen LogP contribution is 2.24. The van der Waals surface area contributed by atoms with E-state index in [4.69, 9.17) is 0 Å². The maximum atomic E-state index is 4.53. The molecule has 0 aliphatic heterocycles. The number of aromatic nitrogens is 5. The van der Waals surface area contributed by atoms with Gasteiger partial charge in [-0.1, -0.05) is 6.92 Å². The number of hydrogen-bond donors (Lipinski definition) is 1. The molecule has 0 saturated heterocycles. The Bertz CT molecular complexity index is 595. The fourth-order valence-corrected chi connectivity index (χ4v) is 2.85. The molecule has 6 heteroatoms. The van der Waals surface area contributed by atoms with Gasteiger partial charge in [-0.2, -0.15) is 10.2 Å². The predicted molar refractivity (Wildman–Crippen MR) is 83.2 cm³/mol. The van der Waals surface area contributed by atoms with Gasteiger partial charge in [0.2, 0.25) is 0 Å². The van der Waals surface area contributed by atoms with E-state index in [2.05, 4.69) is 55.1 Å². The van der Waals surface area contributed by atoms with Crippen molar-refractivity contribution in [2.75, 3.05) is 6.54 Å². The third-order valence-electron chi connectivity index (χ3n) is 3.89. The van der Waals surface area contributed by atoms with Gasteiger partial charge in [0, 0.05) is 36.8 Å². The third kappa shape index (κ3) is 3.15. The molecule has 2 rings (SSSR count). The standard InChI is InChI=1S/C15H26N6/c1-7-16-13(15-11(4)19-20(6)12(15)5)8-14-17-9-18-21(14)10(2)3/h9-10,13,16H,7-8H2,1-6H3. The lowest BCUT2D eigenvalue weighted by Gasteiger charge is -2.19. The van der Waals surface area contributed by atoms with Crippen molar-refractivity contribution in [1.29, 1.82) is 0 Å². The minimum absolute atomic E-state index is 0.213. The van der Waals surface area contributed by atoms with E-state index in [9.17, 15) is 0 Å². The van der Waals surface area contributed by atoms with Gasteiger partial charge in [0.1, 0.15) is 12.2 Å². The van der Waals surface area contributed by atoms with Gasteiger partial charge in [-0.3, -0.25) is 4.68 Å². The molecule has 21 heavy (non-hydrogen) atoms. The van der Waals surface area contributed by atoms with Crippen molar-refractivity contribution < 1.29 is 0 Å². The van der Waals surface area contributed by atoms with Crippen molar-refractivity contribution in [2.45, 2.75) is 53.1 Å². The molecule has 2 aromatic rings. The first kappa shape index (κ1) is 15.7. The van der Waals surface area contributed by atoms with Crippen LogP contribution in [-0.4, -0.2) is 31.1 Å². The van der Waals surface area contributed by atoms with E-state index in [1.54, 1.807) is 6.33 Å². The van der Waals surface area contributed by atoms with E-state index in [1.807, 2.05) is 16.4 Å². The lowest BCUT2D eigenvalue weighted by Crippen LogP contribution is -2.26. The summed E-state index contributed by atoms with van der Waals surface area (Å²) >= 11 is 0. The van der Waals surface area contributed by atoms with E-state index in [1.165, 1.54) is 11.3 Å². The van der Waals surface area contributed by atoms with Crippen molar-refractivity contribution in [2.24, 2.45) is 7.05 Å². The SMILES string of the molecule is CCNC(Cc1ncnn1C(C)C)c1c(C)nn(C)c1C. The van der Waals surface area contributed by atoms with Crippen molar-refractivity contribution >= 4 is 0 Å². The van der Waals surface area contributed by atoms with Crippen LogP contribution in [0.5, 0.6) is 0 Å². The van der Waals surface area contributed by atoms with E-state index in [-0.39, 0.29) is 6.04 Å². The summed E-state index contributed by atoms with van der Waals surface area (Å²) in [6.45, 7) is 11.5. The Kier molecular flexibility index (Phi) is 4.77. The zero-order valence-corrected chi connectivity index (χ0v) is 13.9. The predicted octanol–water partition coefficient (Wildman–Crippen LogP) is 2.10. The first-order valence-electron chi connectivity index (χ1n) is 7.57. The minimum atomic E-state index is 0.213. The molecule has 0 spiro atoms. The summed E-state index contributed by atoms with van der Waals surface area (Å²) in [6.07, 6.45) is 2.46. The van der Waals surface area contributed by atoms with Crippen molar-refractivity contribution in [3.05, 3.63) is 29.1 Å². The Morgan fingerprint density at radius 3 is 2.52 bits per heavy atom. The second-order valence-corrected chi connectivity index (χ2v) is 5.74. The summed E-state index contributed by atoms with van der Waals surface area (Å²) in [5.74, 6) is 1.01. The molecule has 116 valence electrons. The van der Waals surface area contributed by atoms with Crippen molar-refractivity contribution in [3.63, 3.8) is 0 Å². The van der Waals surface area contributed by atoms with Crippen LogP contribution in [0.4, 0.5) is 0 Å². The van der Waals surface area contributed by atoms with E-state index < -0.39 is 0 Å². The lowest BCUT2D eigenvalue weighted by molar-refractivity contribution is 0.467. The fraction of sp³-hybridized carbons (Fsp3) is 0.667. The molecule has 2 heterocycles. The Hall–Kier alpha value is -1.69. The molecule has 1 N–H and O–H groups in total. The normalized spacial score (nSPS) is 13.1. The number of hydrogen-bond acceptors (Lipinski definition) is 4. The summed E-state index contributed by atoms with van der Waals surface area (Å²) in [4.78, 5) is 4.44. The molecule has 6 nitrogen and oxygen atoms in total. The highest BCUT2D eigenvalue weighted by atomic mass is 15.3. The smallest absolute Gasteiger partial charge is 0.138 e. The molecular weight excluding hydrogens is 264 g/mol. The second kappa shape index (κ2) is 6.39. The maximum Gasteiger partial charge on any atom is 0.138 e. The second-order valence-electron chi connectivity index (χ2n) is 5.74. The van der Waals surface area contributed by atoms with E-state index >= 15 is 0 Å². The largest absolute Gasteiger partial charge is 0.310 e. The molecule has 0 aliphatic carbocycles. The maximum absolute atomic E-state index is 4.53. The average Bonchev–Trinajstić information content (AvgIpc) is 2.95. The van der Waals surface area contributed by atoms with Crippen molar-refractivity contribution in [3.8, 4) is 0 Å². The Morgan fingerprint density at radius 2 is 2.00 bits per heavy atom. The van der Waals surface area contributed by atoms with E-state index in [0.29, 0.717) is 6.04 Å². The van der Waals surface area contributed by atoms with E-state index in [0.717, 1.165) is 24.5 Å². The van der Waals surface area contributed by atoms with Crippen LogP contribution in [0, 0.1) is 13.8 Å². The molecule has 0 fully saturated rings. The molecule has 0 saturated carbocycles. The van der Waals surface area contributed by atoms with Crippen LogP contribution in [0.1, 0.15) is 55.6 Å². The zero-order chi connectivity index (χ0) is 15.6. The zero-order valence-electron chi connectivity index (χ0n) is 13.9. The van der Waals surface area contributed by atoms with Crippen LogP contribution < -0.4 is 5.32 Å². The van der Waals surface area contributed by atoms with Gasteiger partial charge in [0.25, 0.3) is 0 Å². The monoisotopic (exact) mass is 290 g/mol. The van der Waals surface area contributed by atoms with Crippen LogP contribution in [-0.2, 0) is 13.5 Å². The fourth-order valence-electron chi connectivity index (χ4n) is 2.85. The molecule has 1 atom stereocenters. The first-order chi connectivity index (χ1) is 9.95. The first-order valence-corrected chi connectivity index (χ1v) is 7.57. The van der Waals surface area contributed by atoms with Gasteiger partial charge in [0.05, 0.1) is 5.69 Å². The third-order valence-corrected chi connectivity index (χ3v) is 3.89. The number of nitrogens with one attached hydrogen (secondary N) is 1. The average molecular weight is 290 g/mol. The van der Waals surface area contributed by atoms with Gasteiger partial charge in [-0.15, -0.1) is 0 Å². The van der Waals surface area contributed by atoms with Gasteiger partial charge in [-0.25, -0.2) is 9.67 Å². The van der Waals surface area contributed by atoms with Gasteiger partial charge in [0.15, 0.2) is 0 Å². The molecule has 0 aromatic carbocycles. The van der Waals surface area contributed by atoms with Crippen LogP contribution in [0.2, 0.25) is 0 Å². The number of aryl methyl sites for hydroxylation is 2. The Labute approximate surface area is 126 Å². The topological polar surface area (TPSA) is 60.6 Å². The quantitative estimate of drug-likeness (QED) is 0.885. The number of likely N-dealkylation sites (N-methyl/N-ethyl adjacent to an activating group) is 1. The van der Waals surface area contributed by atoms with Gasteiger partial charge >= 0.3 is 0 Å². The minimum Gasteiger partial charge on any atom is -0.310 e. The van der Waals surface area contributed by atoms with Crippen LogP contribution in [0.15, 0.2) is 6.33 Å². The number of nitrogens with zero attached hydrogens (tertiary/aromatic N) is 5. The van der Waals surface area contributed by atoms with Gasteiger partial charge in [-0.05, 0) is 34.2 Å². The van der Waals surface area contributed by atoms with Crippen LogP contribution in [0.25, 0.3) is 0 Å². The Morgan fingerprint density at radius 1 is 1.29 bits per heavy atom. The molecule has 0 radical (unpaired) electrons. The van der Waals surface area contributed by atoms with Crippen LogP contribution in [0.3, 0.4) is 0 Å². The highest BCUT2D eigenvalue weighted by Gasteiger charge is 2.22. The Balaban J connectivity index is 2.33. The molecule has 0 aliphatic rings. The molecule has 0 bridgehead atoms. The molecule has 2 aromatic heterocycles. The van der Waals surface area contributed by atoms with Crippen LogP contribution >= 0.6 is 0 Å². The summed E-state index contributed by atoms with van der Waals surface area (Å²) in [6, 6.07) is 0.534. The molecule has 1 unspecified atom stereocenters. The molecule has 0 amide bonds. The lowest BCUT2D eigenvalue weighted by atomic mass is 10.0. The highest BCUT2D eigenvalue weighted by molar-refractivity contribution is 5.29. The summed E-state index contributed by atoms with van der Waals surface area (Å²) in [5.41, 5.74) is 3.56. The van der Waals surface area contributed by atoms with Gasteiger partial charge < -0.3 is 5.32 Å². The number of rotatable bonds is 6.